The molecule has 1 aliphatic heterocycles. The quantitative estimate of drug-likeness (QED) is 0.869. The number of hydrogen-bond donors (Lipinski definition) is 1. The highest BCUT2D eigenvalue weighted by molar-refractivity contribution is 6.03. The van der Waals surface area contributed by atoms with Crippen molar-refractivity contribution in [2.75, 3.05) is 16.8 Å². The minimum atomic E-state index is -0.415. The van der Waals surface area contributed by atoms with Crippen molar-refractivity contribution < 1.29 is 14.0 Å². The van der Waals surface area contributed by atoms with E-state index >= 15 is 0 Å². The topological polar surface area (TPSA) is 49.4 Å². The summed E-state index contributed by atoms with van der Waals surface area (Å²) in [6.45, 7) is 4.62. The number of anilines is 2. The van der Waals surface area contributed by atoms with Crippen LogP contribution in [-0.2, 0) is 9.59 Å². The van der Waals surface area contributed by atoms with E-state index in [1.807, 2.05) is 24.3 Å². The molecule has 1 saturated heterocycles. The van der Waals surface area contributed by atoms with E-state index in [1.165, 1.54) is 22.6 Å². The van der Waals surface area contributed by atoms with Crippen LogP contribution in [0.2, 0.25) is 0 Å². The second kappa shape index (κ2) is 7.68. The highest BCUT2D eigenvalue weighted by atomic mass is 19.1. The Labute approximate surface area is 153 Å². The minimum absolute atomic E-state index is 0.121. The SMILES string of the molecule is CC[C@H](C)c1ccc(NC(=O)[C@@H]2CC(=O)N(c3ccc(F)cc3)C2)cc1. The summed E-state index contributed by atoms with van der Waals surface area (Å²) < 4.78 is 13.1. The molecule has 1 N–H and O–H groups in total. The molecule has 2 atom stereocenters. The zero-order valence-corrected chi connectivity index (χ0v) is 15.0. The van der Waals surface area contributed by atoms with E-state index in [2.05, 4.69) is 19.2 Å². The lowest BCUT2D eigenvalue weighted by Crippen LogP contribution is -2.28. The first kappa shape index (κ1) is 18.1. The molecule has 0 spiro atoms. The van der Waals surface area contributed by atoms with Crippen LogP contribution in [0.3, 0.4) is 0 Å². The molecule has 5 heteroatoms. The maximum Gasteiger partial charge on any atom is 0.229 e. The van der Waals surface area contributed by atoms with Gasteiger partial charge in [0.05, 0.1) is 5.92 Å². The van der Waals surface area contributed by atoms with Crippen molar-refractivity contribution in [1.29, 1.82) is 0 Å². The van der Waals surface area contributed by atoms with Gasteiger partial charge >= 0.3 is 0 Å². The lowest BCUT2D eigenvalue weighted by Gasteiger charge is -2.17. The van der Waals surface area contributed by atoms with E-state index < -0.39 is 5.92 Å². The average Bonchev–Trinajstić information content (AvgIpc) is 3.04. The van der Waals surface area contributed by atoms with Gasteiger partial charge in [0.2, 0.25) is 11.8 Å². The molecule has 2 amide bonds. The number of nitrogens with zero attached hydrogens (tertiary/aromatic N) is 1. The zero-order chi connectivity index (χ0) is 18.7. The molecule has 2 aromatic rings. The zero-order valence-electron chi connectivity index (χ0n) is 15.0. The standard InChI is InChI=1S/C21H23FN2O2/c1-3-14(2)15-4-8-18(9-5-15)23-21(26)16-12-20(25)24(13-16)19-10-6-17(22)7-11-19/h4-11,14,16H,3,12-13H2,1-2H3,(H,23,26)/t14-,16+/m0/s1. The Morgan fingerprint density at radius 1 is 1.19 bits per heavy atom. The van der Waals surface area contributed by atoms with Gasteiger partial charge in [-0.15, -0.1) is 0 Å². The number of rotatable bonds is 5. The lowest BCUT2D eigenvalue weighted by atomic mass is 9.98. The van der Waals surface area contributed by atoms with Crippen LogP contribution >= 0.6 is 0 Å². The predicted octanol–water partition coefficient (Wildman–Crippen LogP) is 4.33. The van der Waals surface area contributed by atoms with Gasteiger partial charge in [0.1, 0.15) is 5.82 Å². The van der Waals surface area contributed by atoms with Crippen LogP contribution in [0.15, 0.2) is 48.5 Å². The molecule has 136 valence electrons. The second-order valence-corrected chi connectivity index (χ2v) is 6.80. The van der Waals surface area contributed by atoms with E-state index in [9.17, 15) is 14.0 Å². The number of carbonyl (C=O) groups excluding carboxylic acids is 2. The van der Waals surface area contributed by atoms with E-state index in [0.29, 0.717) is 18.2 Å². The van der Waals surface area contributed by atoms with E-state index in [0.717, 1.165) is 12.1 Å². The Hall–Kier alpha value is -2.69. The third-order valence-electron chi connectivity index (χ3n) is 4.99. The average molecular weight is 354 g/mol. The molecule has 26 heavy (non-hydrogen) atoms. The van der Waals surface area contributed by atoms with Gasteiger partial charge in [-0.1, -0.05) is 26.0 Å². The summed E-state index contributed by atoms with van der Waals surface area (Å²) >= 11 is 0. The highest BCUT2D eigenvalue weighted by Gasteiger charge is 2.35. The largest absolute Gasteiger partial charge is 0.326 e. The first-order valence-electron chi connectivity index (χ1n) is 8.94. The number of halogens is 1. The van der Waals surface area contributed by atoms with Crippen molar-refractivity contribution in [3.63, 3.8) is 0 Å². The third-order valence-corrected chi connectivity index (χ3v) is 4.99. The third kappa shape index (κ3) is 3.93. The van der Waals surface area contributed by atoms with Crippen molar-refractivity contribution in [3.8, 4) is 0 Å². The molecule has 1 aliphatic rings. The summed E-state index contributed by atoms with van der Waals surface area (Å²) in [5.41, 5.74) is 2.59. The summed E-state index contributed by atoms with van der Waals surface area (Å²) in [5.74, 6) is -0.572. The fourth-order valence-corrected chi connectivity index (χ4v) is 3.13. The molecular weight excluding hydrogens is 331 g/mol. The smallest absolute Gasteiger partial charge is 0.229 e. The van der Waals surface area contributed by atoms with Crippen LogP contribution in [0, 0.1) is 11.7 Å². The maximum atomic E-state index is 13.1. The maximum absolute atomic E-state index is 13.1. The lowest BCUT2D eigenvalue weighted by molar-refractivity contribution is -0.122. The second-order valence-electron chi connectivity index (χ2n) is 6.80. The summed E-state index contributed by atoms with van der Waals surface area (Å²) in [4.78, 5) is 26.3. The Kier molecular flexibility index (Phi) is 5.35. The van der Waals surface area contributed by atoms with Crippen molar-refractivity contribution in [2.24, 2.45) is 5.92 Å². The molecule has 2 aromatic carbocycles. The van der Waals surface area contributed by atoms with Gasteiger partial charge < -0.3 is 10.2 Å². The van der Waals surface area contributed by atoms with Crippen LogP contribution in [-0.4, -0.2) is 18.4 Å². The molecule has 1 fully saturated rings. The molecular formula is C21H23FN2O2. The summed E-state index contributed by atoms with van der Waals surface area (Å²) in [6, 6.07) is 13.6. The Morgan fingerprint density at radius 3 is 2.46 bits per heavy atom. The highest BCUT2D eigenvalue weighted by Crippen LogP contribution is 2.27. The van der Waals surface area contributed by atoms with Gasteiger partial charge in [0, 0.05) is 24.3 Å². The Bertz CT molecular complexity index is 787. The fraction of sp³-hybridized carbons (Fsp3) is 0.333. The molecule has 0 aliphatic carbocycles. The Balaban J connectivity index is 1.63. The molecule has 0 unspecified atom stereocenters. The number of carbonyl (C=O) groups is 2. The summed E-state index contributed by atoms with van der Waals surface area (Å²) in [7, 11) is 0. The first-order valence-corrected chi connectivity index (χ1v) is 8.94. The fourth-order valence-electron chi connectivity index (χ4n) is 3.13. The van der Waals surface area contributed by atoms with Crippen LogP contribution in [0.25, 0.3) is 0 Å². The van der Waals surface area contributed by atoms with Crippen LogP contribution in [0.5, 0.6) is 0 Å². The molecule has 0 radical (unpaired) electrons. The number of benzene rings is 2. The molecule has 4 nitrogen and oxygen atoms in total. The molecule has 0 aromatic heterocycles. The molecule has 1 heterocycles. The Morgan fingerprint density at radius 2 is 1.85 bits per heavy atom. The first-order chi connectivity index (χ1) is 12.5. The number of amides is 2. The van der Waals surface area contributed by atoms with Crippen LogP contribution in [0.1, 0.15) is 38.2 Å². The van der Waals surface area contributed by atoms with Gasteiger partial charge in [-0.3, -0.25) is 9.59 Å². The normalized spacial score (nSPS) is 18.0. The van der Waals surface area contributed by atoms with E-state index in [4.69, 9.17) is 0 Å². The monoisotopic (exact) mass is 354 g/mol. The van der Waals surface area contributed by atoms with Crippen molar-refractivity contribution >= 4 is 23.2 Å². The van der Waals surface area contributed by atoms with Crippen LogP contribution in [0.4, 0.5) is 15.8 Å². The number of nitrogens with one attached hydrogen (secondary N) is 1. The number of hydrogen-bond acceptors (Lipinski definition) is 2. The predicted molar refractivity (Wildman–Crippen MR) is 101 cm³/mol. The van der Waals surface area contributed by atoms with Gasteiger partial charge in [-0.05, 0) is 54.3 Å². The van der Waals surface area contributed by atoms with Crippen molar-refractivity contribution in [1.82, 2.24) is 0 Å². The minimum Gasteiger partial charge on any atom is -0.326 e. The van der Waals surface area contributed by atoms with Crippen molar-refractivity contribution in [2.45, 2.75) is 32.6 Å². The van der Waals surface area contributed by atoms with Gasteiger partial charge in [0.15, 0.2) is 0 Å². The van der Waals surface area contributed by atoms with Crippen LogP contribution < -0.4 is 10.2 Å². The van der Waals surface area contributed by atoms with E-state index in [1.54, 1.807) is 12.1 Å². The van der Waals surface area contributed by atoms with Gasteiger partial charge in [-0.2, -0.15) is 0 Å². The van der Waals surface area contributed by atoms with Crippen molar-refractivity contribution in [3.05, 3.63) is 59.9 Å². The van der Waals surface area contributed by atoms with Gasteiger partial charge in [-0.25, -0.2) is 4.39 Å². The summed E-state index contributed by atoms with van der Waals surface area (Å²) in [5, 5.41) is 2.89. The molecule has 0 bridgehead atoms. The van der Waals surface area contributed by atoms with E-state index in [-0.39, 0.29) is 24.1 Å². The molecule has 0 saturated carbocycles. The van der Waals surface area contributed by atoms with Gasteiger partial charge in [0.25, 0.3) is 0 Å². The molecule has 3 rings (SSSR count). The summed E-state index contributed by atoms with van der Waals surface area (Å²) in [6.07, 6.45) is 1.23.